The summed E-state index contributed by atoms with van der Waals surface area (Å²) in [7, 11) is 0. The van der Waals surface area contributed by atoms with Crippen LogP contribution in [0.1, 0.15) is 141 Å². The fourth-order valence-electron chi connectivity index (χ4n) is 6.62. The normalized spacial score (nSPS) is 18.1. The Morgan fingerprint density at radius 2 is 0.827 bits per heavy atom. The molecule has 0 spiro atoms. The van der Waals surface area contributed by atoms with Gasteiger partial charge in [-0.05, 0) is 155 Å². The summed E-state index contributed by atoms with van der Waals surface area (Å²) in [5.41, 5.74) is 1.32. The molecule has 0 saturated carbocycles. The number of unbranched alkanes of at least 4 members (excludes halogenated alkanes) is 4. The molecule has 5 nitrogen and oxygen atoms in total. The fraction of sp³-hybridized carbons (Fsp3) is 0.783. The van der Waals surface area contributed by atoms with Gasteiger partial charge in [0.1, 0.15) is 0 Å². The van der Waals surface area contributed by atoms with Gasteiger partial charge >= 0.3 is 0 Å². The highest BCUT2D eigenvalue weighted by Crippen LogP contribution is 2.10. The van der Waals surface area contributed by atoms with Crippen molar-refractivity contribution in [1.82, 2.24) is 19.6 Å². The highest BCUT2D eigenvalue weighted by molar-refractivity contribution is 7.09. The van der Waals surface area contributed by atoms with E-state index < -0.39 is 0 Å². The summed E-state index contributed by atoms with van der Waals surface area (Å²) in [6.07, 6.45) is 22.4. The molecule has 2 aromatic rings. The third-order valence-corrected chi connectivity index (χ3v) is 10.9. The number of morpholine rings is 1. The molecular weight excluding hydrogens is 657 g/mol. The van der Waals surface area contributed by atoms with E-state index in [2.05, 4.69) is 90.8 Å². The largest absolute Gasteiger partial charge is 0.379 e. The van der Waals surface area contributed by atoms with Crippen molar-refractivity contribution in [2.24, 2.45) is 0 Å². The van der Waals surface area contributed by atoms with Gasteiger partial charge < -0.3 is 19.4 Å². The van der Waals surface area contributed by atoms with E-state index in [-0.39, 0.29) is 0 Å². The van der Waals surface area contributed by atoms with Gasteiger partial charge in [0.15, 0.2) is 0 Å². The molecule has 1 aromatic heterocycles. The maximum atomic E-state index is 5.24. The predicted molar refractivity (Wildman–Crippen MR) is 233 cm³/mol. The number of likely N-dealkylation sites (tertiary alicyclic amines) is 3. The van der Waals surface area contributed by atoms with E-state index in [4.69, 9.17) is 4.74 Å². The van der Waals surface area contributed by atoms with E-state index in [1.165, 1.54) is 179 Å². The lowest BCUT2D eigenvalue weighted by molar-refractivity contribution is 0.0373. The predicted octanol–water partition coefficient (Wildman–Crippen LogP) is 11.6. The molecule has 52 heavy (non-hydrogen) atoms. The molecule has 0 aliphatic carbocycles. The zero-order chi connectivity index (χ0) is 37.7. The van der Waals surface area contributed by atoms with Crippen LogP contribution >= 0.6 is 11.3 Å². The zero-order valence-corrected chi connectivity index (χ0v) is 36.3. The SMILES string of the molecule is CCCCN1CCCC1.CCCCN1CCCCC1.CCCCN1CCCCC1.CCCCN1CCOCC1.Cc1ccccc1.Cc1cccs1. The molecule has 1 aromatic carbocycles. The summed E-state index contributed by atoms with van der Waals surface area (Å²) in [6, 6.07) is 14.4. The molecular formula is C46H86N4OS. The van der Waals surface area contributed by atoms with Gasteiger partial charge in [0.2, 0.25) is 0 Å². The molecule has 0 N–H and O–H groups in total. The minimum absolute atomic E-state index is 0.934. The van der Waals surface area contributed by atoms with Crippen LogP contribution in [0.5, 0.6) is 0 Å². The molecule has 4 aliphatic heterocycles. The van der Waals surface area contributed by atoms with Gasteiger partial charge in [-0.2, -0.15) is 0 Å². The van der Waals surface area contributed by atoms with Crippen LogP contribution in [-0.2, 0) is 4.74 Å². The van der Waals surface area contributed by atoms with Crippen molar-refractivity contribution < 1.29 is 4.74 Å². The molecule has 0 atom stereocenters. The van der Waals surface area contributed by atoms with E-state index in [1.807, 2.05) is 18.2 Å². The van der Waals surface area contributed by atoms with E-state index >= 15 is 0 Å². The standard InChI is InChI=1S/2C9H19N.C8H17NO.C8H17N.C7H8.C5H6S/c2*1-2-3-7-10-8-5-4-6-9-10;1-2-3-4-9-5-7-10-8-6-9;1-2-3-6-9-7-4-5-8-9;1-7-5-3-2-4-6-7;1-5-3-2-4-6-5/h2*2-9H2,1H3;2-8H2,1H3;2-8H2,1H3;2-6H,1H3;2-4H,1H3. The number of hydrogen-bond acceptors (Lipinski definition) is 6. The van der Waals surface area contributed by atoms with Crippen molar-refractivity contribution in [3.8, 4) is 0 Å². The van der Waals surface area contributed by atoms with E-state index in [0.29, 0.717) is 0 Å². The van der Waals surface area contributed by atoms with Gasteiger partial charge in [-0.25, -0.2) is 0 Å². The number of hydrogen-bond donors (Lipinski definition) is 0. The third-order valence-electron chi connectivity index (χ3n) is 10.1. The molecule has 4 saturated heterocycles. The Morgan fingerprint density at radius 1 is 0.462 bits per heavy atom. The minimum atomic E-state index is 0.934. The monoisotopic (exact) mass is 743 g/mol. The number of aryl methyl sites for hydroxylation is 2. The van der Waals surface area contributed by atoms with Crippen LogP contribution in [0.2, 0.25) is 0 Å². The van der Waals surface area contributed by atoms with Crippen LogP contribution in [0.4, 0.5) is 0 Å². The molecule has 0 radical (unpaired) electrons. The Morgan fingerprint density at radius 3 is 1.10 bits per heavy atom. The molecule has 0 bridgehead atoms. The molecule has 4 aliphatic rings. The number of ether oxygens (including phenoxy) is 1. The van der Waals surface area contributed by atoms with Crippen LogP contribution in [0.15, 0.2) is 47.8 Å². The van der Waals surface area contributed by atoms with Gasteiger partial charge in [0, 0.05) is 18.0 Å². The summed E-state index contributed by atoms with van der Waals surface area (Å²) in [5, 5.41) is 2.08. The van der Waals surface area contributed by atoms with Crippen molar-refractivity contribution in [2.45, 2.75) is 144 Å². The summed E-state index contributed by atoms with van der Waals surface area (Å²) < 4.78 is 5.24. The third kappa shape index (κ3) is 30.1. The molecule has 6 rings (SSSR count). The molecule has 0 amide bonds. The molecule has 5 heterocycles. The van der Waals surface area contributed by atoms with Gasteiger partial charge in [-0.1, -0.05) is 108 Å². The Hall–Kier alpha value is -1.28. The van der Waals surface area contributed by atoms with Crippen molar-refractivity contribution in [3.05, 3.63) is 58.3 Å². The number of thiophene rings is 1. The average Bonchev–Trinajstić information content (AvgIpc) is 3.92. The van der Waals surface area contributed by atoms with Crippen molar-refractivity contribution in [3.63, 3.8) is 0 Å². The second kappa shape index (κ2) is 36.7. The maximum absolute atomic E-state index is 5.24. The maximum Gasteiger partial charge on any atom is 0.0594 e. The first-order valence-electron chi connectivity index (χ1n) is 22.0. The first-order valence-corrected chi connectivity index (χ1v) is 22.9. The van der Waals surface area contributed by atoms with Gasteiger partial charge in [-0.3, -0.25) is 4.90 Å². The number of nitrogens with zero attached hydrogens (tertiary/aromatic N) is 4. The van der Waals surface area contributed by atoms with Gasteiger partial charge in [-0.15, -0.1) is 11.3 Å². The number of rotatable bonds is 12. The Bertz CT molecular complexity index is 882. The highest BCUT2D eigenvalue weighted by atomic mass is 32.1. The van der Waals surface area contributed by atoms with Crippen LogP contribution in [0.3, 0.4) is 0 Å². The molecule has 6 heteroatoms. The summed E-state index contributed by atoms with van der Waals surface area (Å²) >= 11 is 1.78. The van der Waals surface area contributed by atoms with E-state index in [1.54, 1.807) is 11.3 Å². The van der Waals surface area contributed by atoms with Crippen LogP contribution < -0.4 is 0 Å². The lowest BCUT2D eigenvalue weighted by Crippen LogP contribution is -2.36. The van der Waals surface area contributed by atoms with Crippen molar-refractivity contribution in [2.75, 3.05) is 91.8 Å². The zero-order valence-electron chi connectivity index (χ0n) is 35.4. The fourth-order valence-corrected chi connectivity index (χ4v) is 7.15. The molecule has 0 unspecified atom stereocenters. The first-order chi connectivity index (χ1) is 25.5. The molecule has 302 valence electrons. The topological polar surface area (TPSA) is 22.2 Å². The highest BCUT2D eigenvalue weighted by Gasteiger charge is 2.10. The van der Waals surface area contributed by atoms with Crippen LogP contribution in [-0.4, -0.2) is 111 Å². The summed E-state index contributed by atoms with van der Waals surface area (Å²) in [4.78, 5) is 11.6. The number of benzene rings is 1. The average molecular weight is 743 g/mol. The first kappa shape index (κ1) is 48.7. The summed E-state index contributed by atoms with van der Waals surface area (Å²) in [5.74, 6) is 0. The van der Waals surface area contributed by atoms with E-state index in [9.17, 15) is 0 Å². The lowest BCUT2D eigenvalue weighted by atomic mass is 10.1. The van der Waals surface area contributed by atoms with Crippen molar-refractivity contribution >= 4 is 11.3 Å². The Labute approximate surface area is 328 Å². The van der Waals surface area contributed by atoms with Gasteiger partial charge in [0.25, 0.3) is 0 Å². The van der Waals surface area contributed by atoms with Gasteiger partial charge in [0.05, 0.1) is 13.2 Å². The lowest BCUT2D eigenvalue weighted by Gasteiger charge is -2.26. The minimum Gasteiger partial charge on any atom is -0.379 e. The second-order valence-corrected chi connectivity index (χ2v) is 16.3. The van der Waals surface area contributed by atoms with Crippen LogP contribution in [0.25, 0.3) is 0 Å². The quantitative estimate of drug-likeness (QED) is 0.215. The number of piperidine rings is 2. The second-order valence-electron chi connectivity index (χ2n) is 15.1. The Balaban J connectivity index is 0.000000314. The molecule has 4 fully saturated rings. The smallest absolute Gasteiger partial charge is 0.0594 e. The van der Waals surface area contributed by atoms with Crippen molar-refractivity contribution in [1.29, 1.82) is 0 Å². The summed E-state index contributed by atoms with van der Waals surface area (Å²) in [6.45, 7) is 30.8. The van der Waals surface area contributed by atoms with E-state index in [0.717, 1.165) is 26.3 Å². The Kier molecular flexibility index (Phi) is 34.4. The van der Waals surface area contributed by atoms with Crippen LogP contribution in [0, 0.1) is 13.8 Å².